The number of piperazine rings is 1. The number of alkyl halides is 1. The van der Waals surface area contributed by atoms with E-state index < -0.39 is 5.67 Å². The number of hydrogen-bond acceptors (Lipinski definition) is 11. The molecule has 712 valence electrons. The molecule has 121 heavy (non-hydrogen) atoms. The second-order valence-electron chi connectivity index (χ2n) is 48.1. The lowest BCUT2D eigenvalue weighted by Gasteiger charge is -2.59. The molecule has 8 aliphatic heterocycles. The summed E-state index contributed by atoms with van der Waals surface area (Å²) in [7, 11) is 0. The van der Waals surface area contributed by atoms with Crippen molar-refractivity contribution in [3.8, 4) is 0 Å². The molecular weight excluding hydrogens is 1480 g/mol. The van der Waals surface area contributed by atoms with Gasteiger partial charge in [0.25, 0.3) is 0 Å². The zero-order valence-corrected chi connectivity index (χ0v) is 88.0. The van der Waals surface area contributed by atoms with Crippen molar-refractivity contribution in [2.45, 2.75) is 492 Å². The van der Waals surface area contributed by atoms with Gasteiger partial charge in [-0.2, -0.15) is 0 Å². The molecule has 12 heteroatoms. The fraction of sp³-hybridized carbons (Fsp3) is 0.945. The molecule has 2 spiro atoms. The van der Waals surface area contributed by atoms with Crippen LogP contribution in [0.25, 0.3) is 0 Å². The van der Waals surface area contributed by atoms with Crippen LogP contribution >= 0.6 is 0 Å². The molecule has 1 aromatic rings. The Hall–Kier alpha value is -1.29. The average Bonchev–Trinajstić information content (AvgIpc) is 1.71. The van der Waals surface area contributed by atoms with Gasteiger partial charge in [-0.05, 0) is 385 Å². The topological polar surface area (TPSA) is 53.2 Å². The fourth-order valence-electron chi connectivity index (χ4n) is 23.5. The van der Waals surface area contributed by atoms with Crippen LogP contribution in [-0.4, -0.2) is 245 Å². The van der Waals surface area contributed by atoms with Crippen LogP contribution in [0, 0.1) is 75.9 Å². The molecule has 13 rings (SSSR count). The Morgan fingerprint density at radius 1 is 0.347 bits per heavy atom. The highest BCUT2D eigenvalue weighted by Crippen LogP contribution is 2.60. The molecule has 6 atom stereocenters. The number of nitrogens with zero attached hydrogens (tertiary/aromatic N) is 9. The van der Waals surface area contributed by atoms with Crippen LogP contribution < -0.4 is 10.6 Å². The molecule has 4 saturated carbocycles. The van der Waals surface area contributed by atoms with E-state index in [1.165, 1.54) is 199 Å². The fourth-order valence-corrected chi connectivity index (χ4v) is 23.5. The van der Waals surface area contributed by atoms with Crippen molar-refractivity contribution in [3.63, 3.8) is 0 Å². The number of halogens is 1. The molecule has 12 aliphatic rings. The second kappa shape index (κ2) is 52.7. The molecular formula is C109H214FN11. The maximum Gasteiger partial charge on any atom is 0.113 e. The lowest BCUT2D eigenvalue weighted by Crippen LogP contribution is -2.56. The van der Waals surface area contributed by atoms with Crippen LogP contribution in [0.3, 0.4) is 0 Å². The van der Waals surface area contributed by atoms with E-state index >= 15 is 0 Å². The van der Waals surface area contributed by atoms with Gasteiger partial charge < -0.3 is 25.3 Å². The Balaban J connectivity index is 0.000000242. The molecule has 0 amide bonds. The van der Waals surface area contributed by atoms with Gasteiger partial charge in [0.1, 0.15) is 5.67 Å². The van der Waals surface area contributed by atoms with Crippen LogP contribution in [0.1, 0.15) is 401 Å². The molecule has 12 fully saturated rings. The number of benzene rings is 1. The standard InChI is InChI=1S/2C13H26N2.C13H25N.C12H24FN.C12H24N2.C12H25N.C12H18.C11H24N2.C11H22/c1-10(2)14-12-7-13(8-12)5-6-15(9-13)11(3)4;1-10(2)14-8-12-6-5-7-15(11(3)4)13(12)9-14;1-9(2)11-5-13(6-11)7-12(8-13)14-10(3)4;1-10(2)9-12(13)5-7-14(8-6-12)11(3)4;1-9(2)13-7-11-5-6-14(10(3)4)12(11)8-13;1-10(2)12-6-5-8-13(9-7-12)11(3)4;1-9(2)11-5-7-12(8-6-11)10(3)4;1-9(2)12-6-7-13(10(3)4)11(5)8-12;1-8(2)5-10-6-11(7-10)9(3)4/h10-12,14H,5-9H2,1-4H3;10-13H,5-9H2,1-4H3;9-12,14H,5-8H2,1-4H3;10-11H,5-9H2,1-4H3;9-12H,5-8H2,1-4H3;10-12H,5-9H2,1-4H3;5-10H,1-4H3;9-11H,6-8H2,1-5H3;8-11H,5-7H2,1-4H3. The number of piperidine rings is 2. The van der Waals surface area contributed by atoms with Gasteiger partial charge in [0.15, 0.2) is 0 Å². The Labute approximate surface area is 756 Å². The Bertz CT molecular complexity index is 2770. The predicted molar refractivity (Wildman–Crippen MR) is 533 cm³/mol. The van der Waals surface area contributed by atoms with Crippen molar-refractivity contribution in [3.05, 3.63) is 35.4 Å². The largest absolute Gasteiger partial charge is 0.312 e. The van der Waals surface area contributed by atoms with Gasteiger partial charge in [-0.15, -0.1) is 0 Å². The van der Waals surface area contributed by atoms with E-state index in [1.807, 2.05) is 0 Å². The van der Waals surface area contributed by atoms with E-state index in [9.17, 15) is 4.39 Å². The molecule has 0 radical (unpaired) electrons. The van der Waals surface area contributed by atoms with Crippen LogP contribution in [-0.2, 0) is 0 Å². The summed E-state index contributed by atoms with van der Waals surface area (Å²) in [5.41, 5.74) is 3.47. The zero-order valence-electron chi connectivity index (χ0n) is 88.0. The summed E-state index contributed by atoms with van der Waals surface area (Å²) >= 11 is 0. The third kappa shape index (κ3) is 36.8. The highest BCUT2D eigenvalue weighted by atomic mass is 19.1. The molecule has 11 nitrogen and oxygen atoms in total. The molecule has 0 aromatic heterocycles. The monoisotopic (exact) mass is 1700 g/mol. The summed E-state index contributed by atoms with van der Waals surface area (Å²) in [4.78, 5) is 23.6. The van der Waals surface area contributed by atoms with E-state index in [2.05, 4.69) is 335 Å². The zero-order chi connectivity index (χ0) is 90.9. The maximum atomic E-state index is 14.2. The summed E-state index contributed by atoms with van der Waals surface area (Å²) in [6.07, 6.45) is 25.4. The molecule has 8 heterocycles. The maximum absolute atomic E-state index is 14.2. The summed E-state index contributed by atoms with van der Waals surface area (Å²) in [6.45, 7) is 104. The summed E-state index contributed by atoms with van der Waals surface area (Å²) in [6, 6.07) is 20.7. The quantitative estimate of drug-likeness (QED) is 0.117. The van der Waals surface area contributed by atoms with Crippen LogP contribution in [0.5, 0.6) is 0 Å². The average molecular weight is 1700 g/mol. The van der Waals surface area contributed by atoms with Gasteiger partial charge in [0.2, 0.25) is 0 Å². The normalized spacial score (nSPS) is 30.1. The first kappa shape index (κ1) is 110. The van der Waals surface area contributed by atoms with Crippen molar-refractivity contribution in [2.24, 2.45) is 75.9 Å². The highest BCUT2D eigenvalue weighted by Gasteiger charge is 2.54. The van der Waals surface area contributed by atoms with E-state index in [1.54, 1.807) is 0 Å². The Morgan fingerprint density at radius 3 is 1.15 bits per heavy atom. The van der Waals surface area contributed by atoms with Gasteiger partial charge in [-0.25, -0.2) is 4.39 Å². The first-order valence-corrected chi connectivity index (χ1v) is 52.5. The summed E-state index contributed by atoms with van der Waals surface area (Å²) in [5.74, 6) is 11.4. The van der Waals surface area contributed by atoms with Gasteiger partial charge in [-0.1, -0.05) is 149 Å². The molecule has 0 bridgehead atoms. The van der Waals surface area contributed by atoms with Crippen molar-refractivity contribution in [2.75, 3.05) is 98.2 Å². The smallest absolute Gasteiger partial charge is 0.113 e. The van der Waals surface area contributed by atoms with Gasteiger partial charge in [0.05, 0.1) is 0 Å². The third-order valence-corrected chi connectivity index (χ3v) is 31.7. The number of rotatable bonds is 22. The lowest BCUT2D eigenvalue weighted by atomic mass is 9.48. The number of nitrogens with one attached hydrogen (secondary N) is 2. The molecule has 1 aromatic carbocycles. The van der Waals surface area contributed by atoms with E-state index in [0.717, 1.165) is 163 Å². The first-order chi connectivity index (χ1) is 56.5. The first-order valence-electron chi connectivity index (χ1n) is 52.5. The minimum Gasteiger partial charge on any atom is -0.312 e. The van der Waals surface area contributed by atoms with Crippen molar-refractivity contribution in [1.29, 1.82) is 0 Å². The van der Waals surface area contributed by atoms with Crippen molar-refractivity contribution >= 4 is 0 Å². The summed E-state index contributed by atoms with van der Waals surface area (Å²) < 4.78 is 14.2. The predicted octanol–water partition coefficient (Wildman–Crippen LogP) is 25.3. The van der Waals surface area contributed by atoms with Gasteiger partial charge in [-0.3, -0.25) is 29.4 Å². The lowest BCUT2D eigenvalue weighted by molar-refractivity contribution is -0.0669. The van der Waals surface area contributed by atoms with Crippen LogP contribution in [0.2, 0.25) is 0 Å². The Kier molecular flexibility index (Phi) is 48.0. The second-order valence-corrected chi connectivity index (χ2v) is 48.1. The minimum atomic E-state index is -0.875. The highest BCUT2D eigenvalue weighted by molar-refractivity contribution is 5.26. The summed E-state index contributed by atoms with van der Waals surface area (Å²) in [5, 5.41) is 7.30. The molecule has 8 saturated heterocycles. The molecule has 4 aliphatic carbocycles. The van der Waals surface area contributed by atoms with E-state index in [4.69, 9.17) is 0 Å². The van der Waals surface area contributed by atoms with E-state index in [0.29, 0.717) is 53.4 Å². The number of likely N-dealkylation sites (tertiary alicyclic amines) is 7. The number of hydrogen-bond donors (Lipinski definition) is 2. The molecule has 6 unspecified atom stereocenters. The Morgan fingerprint density at radius 2 is 0.760 bits per heavy atom. The number of fused-ring (bicyclic) bond motifs is 2. The third-order valence-electron chi connectivity index (χ3n) is 31.7. The van der Waals surface area contributed by atoms with E-state index in [-0.39, 0.29) is 0 Å². The van der Waals surface area contributed by atoms with Gasteiger partial charge >= 0.3 is 0 Å². The van der Waals surface area contributed by atoms with Gasteiger partial charge in [0, 0.05) is 162 Å². The van der Waals surface area contributed by atoms with Crippen molar-refractivity contribution in [1.82, 2.24) is 54.7 Å². The molecule has 2 N–H and O–H groups in total. The van der Waals surface area contributed by atoms with Crippen LogP contribution in [0.4, 0.5) is 4.39 Å². The van der Waals surface area contributed by atoms with Crippen LogP contribution in [0.15, 0.2) is 24.3 Å². The minimum absolute atomic E-state index is 0.477. The SMILES string of the molecule is CC(C)C1CCCN(C(C)C)CC1.CC(C)CC1(F)CCN(C(C)C)CC1.CC(C)CC1CC(C(C)C)C1.CC(C)N1CC2CCCN(C(C)C)C2C1.CC(C)N1CC2CCN(C(C)C)C2C1.CC(C)N1CCN(C(C)C)C(C)C1.CC(C)NC1CC2(C1)CC(C(C)C)C2.CC(C)NC1CC2(CCN(C(C)C)C2)C1.CC(C)c1ccc(C(C)C)cc1. The van der Waals surface area contributed by atoms with Crippen molar-refractivity contribution < 1.29 is 4.39 Å².